The van der Waals surface area contributed by atoms with Crippen molar-refractivity contribution >= 4 is 22.9 Å². The van der Waals surface area contributed by atoms with Crippen molar-refractivity contribution in [2.24, 2.45) is 0 Å². The second-order valence-electron chi connectivity index (χ2n) is 4.11. The summed E-state index contributed by atoms with van der Waals surface area (Å²) < 4.78 is 18.8. The molecule has 0 atom stereocenters. The SMILES string of the molecule is Fc1ccccc1COCCCc1nc(CCl)cs1. The molecule has 0 amide bonds. The number of thiazole rings is 1. The molecule has 102 valence electrons. The first-order valence-electron chi connectivity index (χ1n) is 6.10. The Hall–Kier alpha value is -0.970. The zero-order valence-corrected chi connectivity index (χ0v) is 12.0. The van der Waals surface area contributed by atoms with Crippen molar-refractivity contribution < 1.29 is 9.13 Å². The molecule has 0 unspecified atom stereocenters. The molecule has 2 rings (SSSR count). The van der Waals surface area contributed by atoms with Crippen LogP contribution in [0.1, 0.15) is 22.7 Å². The van der Waals surface area contributed by atoms with Gasteiger partial charge in [-0.2, -0.15) is 0 Å². The van der Waals surface area contributed by atoms with E-state index in [4.69, 9.17) is 16.3 Å². The molecule has 0 fully saturated rings. The van der Waals surface area contributed by atoms with Gasteiger partial charge in [-0.3, -0.25) is 0 Å². The summed E-state index contributed by atoms with van der Waals surface area (Å²) in [5.41, 5.74) is 1.52. The predicted molar refractivity (Wildman–Crippen MR) is 76.0 cm³/mol. The number of rotatable bonds is 7. The number of nitrogens with zero attached hydrogens (tertiary/aromatic N) is 1. The Kier molecular flexibility index (Phi) is 5.76. The van der Waals surface area contributed by atoms with Crippen LogP contribution >= 0.6 is 22.9 Å². The molecule has 0 radical (unpaired) electrons. The highest BCUT2D eigenvalue weighted by atomic mass is 35.5. The van der Waals surface area contributed by atoms with Crippen LogP contribution in [0.25, 0.3) is 0 Å². The fraction of sp³-hybridized carbons (Fsp3) is 0.357. The lowest BCUT2D eigenvalue weighted by atomic mass is 10.2. The van der Waals surface area contributed by atoms with Gasteiger partial charge in [-0.15, -0.1) is 22.9 Å². The van der Waals surface area contributed by atoms with E-state index < -0.39 is 0 Å². The fourth-order valence-corrected chi connectivity index (χ4v) is 2.72. The predicted octanol–water partition coefficient (Wildman–Crippen LogP) is 4.17. The summed E-state index contributed by atoms with van der Waals surface area (Å²) in [5, 5.41) is 3.05. The van der Waals surface area contributed by atoms with Gasteiger partial charge in [0.05, 0.1) is 23.2 Å². The average molecular weight is 300 g/mol. The van der Waals surface area contributed by atoms with Gasteiger partial charge in [0.15, 0.2) is 0 Å². The van der Waals surface area contributed by atoms with Crippen LogP contribution in [-0.4, -0.2) is 11.6 Å². The molecule has 1 aromatic carbocycles. The van der Waals surface area contributed by atoms with Crippen molar-refractivity contribution in [1.82, 2.24) is 4.98 Å². The molecular weight excluding hydrogens is 285 g/mol. The van der Waals surface area contributed by atoms with Crippen molar-refractivity contribution in [3.05, 3.63) is 51.7 Å². The first-order valence-corrected chi connectivity index (χ1v) is 7.51. The van der Waals surface area contributed by atoms with Crippen LogP contribution in [0.4, 0.5) is 4.39 Å². The van der Waals surface area contributed by atoms with Crippen LogP contribution in [0.2, 0.25) is 0 Å². The van der Waals surface area contributed by atoms with Gasteiger partial charge in [0.1, 0.15) is 5.82 Å². The number of aromatic nitrogens is 1. The third-order valence-corrected chi connectivity index (χ3v) is 3.86. The molecular formula is C14H15ClFNOS. The highest BCUT2D eigenvalue weighted by Crippen LogP contribution is 2.13. The molecule has 0 aliphatic heterocycles. The van der Waals surface area contributed by atoms with Crippen molar-refractivity contribution in [2.45, 2.75) is 25.3 Å². The third-order valence-electron chi connectivity index (χ3n) is 2.63. The van der Waals surface area contributed by atoms with Crippen LogP contribution in [0.3, 0.4) is 0 Å². The van der Waals surface area contributed by atoms with Crippen molar-refractivity contribution in [1.29, 1.82) is 0 Å². The lowest BCUT2D eigenvalue weighted by Crippen LogP contribution is -1.99. The maximum atomic E-state index is 13.3. The third kappa shape index (κ3) is 4.56. The molecule has 2 nitrogen and oxygen atoms in total. The summed E-state index contributed by atoms with van der Waals surface area (Å²) in [7, 11) is 0. The Morgan fingerprint density at radius 3 is 2.89 bits per heavy atom. The average Bonchev–Trinajstić information content (AvgIpc) is 2.88. The highest BCUT2D eigenvalue weighted by Gasteiger charge is 2.02. The number of halogens is 2. The minimum absolute atomic E-state index is 0.214. The van der Waals surface area contributed by atoms with E-state index in [0.717, 1.165) is 23.5 Å². The molecule has 0 aliphatic carbocycles. The van der Waals surface area contributed by atoms with Gasteiger partial charge in [-0.25, -0.2) is 9.37 Å². The monoisotopic (exact) mass is 299 g/mol. The standard InChI is InChI=1S/C14H15ClFNOS/c15-8-12-10-19-14(17-12)6-3-7-18-9-11-4-1-2-5-13(11)16/h1-2,4-5,10H,3,6-9H2. The number of hydrogen-bond acceptors (Lipinski definition) is 3. The second-order valence-corrected chi connectivity index (χ2v) is 5.32. The zero-order chi connectivity index (χ0) is 13.5. The van der Waals surface area contributed by atoms with E-state index in [1.54, 1.807) is 23.5 Å². The lowest BCUT2D eigenvalue weighted by molar-refractivity contribution is 0.116. The number of hydrogen-bond donors (Lipinski definition) is 0. The van der Waals surface area contributed by atoms with E-state index in [9.17, 15) is 4.39 Å². The van der Waals surface area contributed by atoms with Crippen LogP contribution in [0.15, 0.2) is 29.6 Å². The quantitative estimate of drug-likeness (QED) is 0.565. The van der Waals surface area contributed by atoms with Gasteiger partial charge < -0.3 is 4.74 Å². The van der Waals surface area contributed by atoms with Gasteiger partial charge in [0, 0.05) is 24.0 Å². The first kappa shape index (κ1) is 14.4. The van der Waals surface area contributed by atoms with Gasteiger partial charge >= 0.3 is 0 Å². The zero-order valence-electron chi connectivity index (χ0n) is 10.4. The van der Waals surface area contributed by atoms with Crippen LogP contribution in [-0.2, 0) is 23.6 Å². The number of alkyl halides is 1. The smallest absolute Gasteiger partial charge is 0.128 e. The van der Waals surface area contributed by atoms with Crippen molar-refractivity contribution in [3.63, 3.8) is 0 Å². The number of aryl methyl sites for hydroxylation is 1. The second kappa shape index (κ2) is 7.58. The summed E-state index contributed by atoms with van der Waals surface area (Å²) in [4.78, 5) is 4.37. The van der Waals surface area contributed by atoms with Crippen molar-refractivity contribution in [3.8, 4) is 0 Å². The summed E-state index contributed by atoms with van der Waals surface area (Å²) >= 11 is 7.31. The first-order chi connectivity index (χ1) is 9.29. The summed E-state index contributed by atoms with van der Waals surface area (Å²) in [6.07, 6.45) is 1.75. The normalized spacial score (nSPS) is 10.8. The molecule has 0 aliphatic rings. The summed E-state index contributed by atoms with van der Waals surface area (Å²) in [6.45, 7) is 0.918. The Balaban J connectivity index is 1.66. The molecule has 0 saturated carbocycles. The molecule has 19 heavy (non-hydrogen) atoms. The van der Waals surface area contributed by atoms with Crippen LogP contribution in [0.5, 0.6) is 0 Å². The van der Waals surface area contributed by atoms with E-state index in [-0.39, 0.29) is 5.82 Å². The Bertz CT molecular complexity index is 518. The van der Waals surface area contributed by atoms with E-state index in [0.29, 0.717) is 24.7 Å². The van der Waals surface area contributed by atoms with Crippen LogP contribution in [0, 0.1) is 5.82 Å². The largest absolute Gasteiger partial charge is 0.377 e. The van der Waals surface area contributed by atoms with E-state index in [1.807, 2.05) is 11.4 Å². The summed E-state index contributed by atoms with van der Waals surface area (Å²) in [6, 6.07) is 6.67. The van der Waals surface area contributed by atoms with Gasteiger partial charge in [-0.1, -0.05) is 18.2 Å². The number of benzene rings is 1. The maximum Gasteiger partial charge on any atom is 0.128 e. The highest BCUT2D eigenvalue weighted by molar-refractivity contribution is 7.09. The maximum absolute atomic E-state index is 13.3. The minimum Gasteiger partial charge on any atom is -0.377 e. The van der Waals surface area contributed by atoms with Crippen LogP contribution < -0.4 is 0 Å². The molecule has 1 aromatic heterocycles. The van der Waals surface area contributed by atoms with Gasteiger partial charge in [0.25, 0.3) is 0 Å². The van der Waals surface area contributed by atoms with E-state index in [1.165, 1.54) is 6.07 Å². The lowest BCUT2D eigenvalue weighted by Gasteiger charge is -2.04. The van der Waals surface area contributed by atoms with Gasteiger partial charge in [-0.05, 0) is 12.5 Å². The Morgan fingerprint density at radius 2 is 2.16 bits per heavy atom. The van der Waals surface area contributed by atoms with E-state index in [2.05, 4.69) is 4.98 Å². The molecule has 0 saturated heterocycles. The minimum atomic E-state index is -0.214. The van der Waals surface area contributed by atoms with Crippen molar-refractivity contribution in [2.75, 3.05) is 6.61 Å². The Morgan fingerprint density at radius 1 is 1.32 bits per heavy atom. The summed E-state index contributed by atoms with van der Waals surface area (Å²) in [5.74, 6) is 0.245. The number of ether oxygens (including phenoxy) is 1. The van der Waals surface area contributed by atoms with Gasteiger partial charge in [0.2, 0.25) is 0 Å². The Labute approximate surface area is 121 Å². The molecule has 2 aromatic rings. The molecule has 0 spiro atoms. The molecule has 0 bridgehead atoms. The molecule has 1 heterocycles. The molecule has 5 heteroatoms. The fourth-order valence-electron chi connectivity index (χ4n) is 1.65. The topological polar surface area (TPSA) is 22.1 Å². The van der Waals surface area contributed by atoms with E-state index >= 15 is 0 Å². The molecule has 0 N–H and O–H groups in total.